The molecule has 2 rings (SSSR count). The van der Waals surface area contributed by atoms with Crippen LogP contribution in [0.4, 0.5) is 11.9 Å². The Bertz CT molecular complexity index is 825. The zero-order chi connectivity index (χ0) is 18.8. The lowest BCUT2D eigenvalue weighted by Gasteiger charge is -2.18. The molecule has 0 saturated heterocycles. The molecule has 0 amide bonds. The average molecular weight is 364 g/mol. The van der Waals surface area contributed by atoms with Gasteiger partial charge in [-0.3, -0.25) is 0 Å². The number of hydrogen-bond acceptors (Lipinski definition) is 7. The molecule has 2 aromatic rings. The number of nitrogens with one attached hydrogen (secondary N) is 1. The molecule has 0 aliphatic carbocycles. The van der Waals surface area contributed by atoms with Crippen LogP contribution in [-0.2, 0) is 10.0 Å². The maximum Gasteiger partial charge on any atom is 0.238 e. The Kier molecular flexibility index (Phi) is 5.58. The first-order valence-corrected chi connectivity index (χ1v) is 9.45. The van der Waals surface area contributed by atoms with Gasteiger partial charge in [0.1, 0.15) is 5.82 Å². The molecule has 3 N–H and O–H groups in total. The van der Waals surface area contributed by atoms with Crippen molar-refractivity contribution in [3.63, 3.8) is 0 Å². The summed E-state index contributed by atoms with van der Waals surface area (Å²) in [7, 11) is -0.0167. The number of aromatic nitrogens is 3. The van der Waals surface area contributed by atoms with Gasteiger partial charge in [-0.15, -0.1) is 0 Å². The van der Waals surface area contributed by atoms with Crippen LogP contribution in [0.5, 0.6) is 0 Å². The second-order valence-corrected chi connectivity index (χ2v) is 7.91. The van der Waals surface area contributed by atoms with Gasteiger partial charge < -0.3 is 10.2 Å². The first-order chi connectivity index (χ1) is 11.6. The predicted octanol–water partition coefficient (Wildman–Crippen LogP) is 1.88. The lowest BCUT2D eigenvalue weighted by molar-refractivity contribution is 0.597. The van der Waals surface area contributed by atoms with Crippen LogP contribution in [0.15, 0.2) is 29.2 Å². The van der Waals surface area contributed by atoms with Crippen molar-refractivity contribution in [1.82, 2.24) is 15.0 Å². The third-order valence-corrected chi connectivity index (χ3v) is 4.50. The number of primary sulfonamides is 1. The molecular weight excluding hydrogens is 340 g/mol. The van der Waals surface area contributed by atoms with Crippen molar-refractivity contribution < 1.29 is 8.42 Å². The van der Waals surface area contributed by atoms with Gasteiger partial charge in [-0.1, -0.05) is 26.0 Å². The molecule has 1 aromatic heterocycles. The van der Waals surface area contributed by atoms with Crippen molar-refractivity contribution in [1.29, 1.82) is 0 Å². The topological polar surface area (TPSA) is 114 Å². The summed E-state index contributed by atoms with van der Waals surface area (Å²) >= 11 is 0. The second kappa shape index (κ2) is 7.32. The standard InChI is InChI=1S/C16H24N6O2S/c1-10(2)14-19-15(21-16(20-14)22(4)5)18-11(3)12-7-6-8-13(9-12)25(17,23)24/h6-11H,1-5H3,(H2,17,23,24)(H,18,19,20,21). The fourth-order valence-corrected chi connectivity index (χ4v) is 2.71. The van der Waals surface area contributed by atoms with Crippen LogP contribution in [0.3, 0.4) is 0 Å². The zero-order valence-corrected chi connectivity index (χ0v) is 15.9. The molecule has 8 nitrogen and oxygen atoms in total. The van der Waals surface area contributed by atoms with Crippen LogP contribution in [0.1, 0.15) is 44.1 Å². The van der Waals surface area contributed by atoms with E-state index in [2.05, 4.69) is 20.3 Å². The Hall–Kier alpha value is -2.26. The molecule has 25 heavy (non-hydrogen) atoms. The van der Waals surface area contributed by atoms with Gasteiger partial charge in [-0.05, 0) is 24.6 Å². The Labute approximate surface area is 148 Å². The summed E-state index contributed by atoms with van der Waals surface area (Å²) in [4.78, 5) is 15.2. The second-order valence-electron chi connectivity index (χ2n) is 6.35. The maximum atomic E-state index is 11.5. The minimum Gasteiger partial charge on any atom is -0.348 e. The van der Waals surface area contributed by atoms with Gasteiger partial charge in [0.05, 0.1) is 10.9 Å². The number of nitrogens with two attached hydrogens (primary N) is 1. The van der Waals surface area contributed by atoms with E-state index in [1.54, 1.807) is 12.1 Å². The first kappa shape index (κ1) is 19.1. The third kappa shape index (κ3) is 4.86. The highest BCUT2D eigenvalue weighted by molar-refractivity contribution is 7.89. The highest BCUT2D eigenvalue weighted by Gasteiger charge is 2.15. The zero-order valence-electron chi connectivity index (χ0n) is 15.1. The van der Waals surface area contributed by atoms with E-state index in [9.17, 15) is 8.42 Å². The summed E-state index contributed by atoms with van der Waals surface area (Å²) < 4.78 is 23.0. The Balaban J connectivity index is 2.33. The molecule has 1 heterocycles. The van der Waals surface area contributed by atoms with Crippen molar-refractivity contribution in [2.75, 3.05) is 24.3 Å². The SMILES string of the molecule is CC(C)c1nc(NC(C)c2cccc(S(N)(=O)=O)c2)nc(N(C)C)n1. The molecule has 1 aromatic carbocycles. The van der Waals surface area contributed by atoms with Gasteiger partial charge in [0.25, 0.3) is 0 Å². The number of anilines is 2. The first-order valence-electron chi connectivity index (χ1n) is 7.90. The monoisotopic (exact) mass is 364 g/mol. The molecule has 0 fully saturated rings. The van der Waals surface area contributed by atoms with E-state index in [-0.39, 0.29) is 16.9 Å². The Morgan fingerprint density at radius 2 is 1.80 bits per heavy atom. The molecule has 0 radical (unpaired) electrons. The minimum absolute atomic E-state index is 0.0751. The van der Waals surface area contributed by atoms with Crippen molar-refractivity contribution in [3.8, 4) is 0 Å². The van der Waals surface area contributed by atoms with Crippen molar-refractivity contribution >= 4 is 21.9 Å². The summed E-state index contributed by atoms with van der Waals surface area (Å²) in [5, 5.41) is 8.40. The number of sulfonamides is 1. The smallest absolute Gasteiger partial charge is 0.238 e. The van der Waals surface area contributed by atoms with E-state index in [0.717, 1.165) is 5.56 Å². The quantitative estimate of drug-likeness (QED) is 0.804. The summed E-state index contributed by atoms with van der Waals surface area (Å²) in [6.45, 7) is 5.92. The van der Waals surface area contributed by atoms with E-state index < -0.39 is 10.0 Å². The minimum atomic E-state index is -3.74. The molecule has 0 saturated carbocycles. The Morgan fingerprint density at radius 1 is 1.12 bits per heavy atom. The fraction of sp³-hybridized carbons (Fsp3) is 0.438. The van der Waals surface area contributed by atoms with E-state index in [4.69, 9.17) is 5.14 Å². The van der Waals surface area contributed by atoms with Gasteiger partial charge in [-0.25, -0.2) is 13.6 Å². The van der Waals surface area contributed by atoms with E-state index in [1.807, 2.05) is 45.8 Å². The molecule has 136 valence electrons. The lowest BCUT2D eigenvalue weighted by Crippen LogP contribution is -2.18. The van der Waals surface area contributed by atoms with Gasteiger partial charge in [0.2, 0.25) is 21.9 Å². The Morgan fingerprint density at radius 3 is 2.36 bits per heavy atom. The predicted molar refractivity (Wildman–Crippen MR) is 98.1 cm³/mol. The van der Waals surface area contributed by atoms with Gasteiger partial charge in [0, 0.05) is 20.0 Å². The molecule has 0 aliphatic rings. The van der Waals surface area contributed by atoms with E-state index in [0.29, 0.717) is 17.7 Å². The van der Waals surface area contributed by atoms with Crippen molar-refractivity contribution in [2.24, 2.45) is 5.14 Å². The van der Waals surface area contributed by atoms with Gasteiger partial charge in [-0.2, -0.15) is 15.0 Å². The number of rotatable bonds is 6. The number of hydrogen-bond donors (Lipinski definition) is 2. The largest absolute Gasteiger partial charge is 0.348 e. The average Bonchev–Trinajstić information content (AvgIpc) is 2.53. The third-order valence-electron chi connectivity index (χ3n) is 3.59. The summed E-state index contributed by atoms with van der Waals surface area (Å²) in [6.07, 6.45) is 0. The lowest BCUT2D eigenvalue weighted by atomic mass is 10.1. The molecule has 0 aliphatic heterocycles. The molecule has 0 bridgehead atoms. The van der Waals surface area contributed by atoms with Crippen LogP contribution in [0.25, 0.3) is 0 Å². The molecule has 9 heteroatoms. The summed E-state index contributed by atoms with van der Waals surface area (Å²) in [5.74, 6) is 1.84. The summed E-state index contributed by atoms with van der Waals surface area (Å²) in [5.41, 5.74) is 0.768. The van der Waals surface area contributed by atoms with Crippen molar-refractivity contribution in [2.45, 2.75) is 37.6 Å². The van der Waals surface area contributed by atoms with Crippen LogP contribution >= 0.6 is 0 Å². The fourth-order valence-electron chi connectivity index (χ4n) is 2.14. The molecule has 1 atom stereocenters. The molecule has 1 unspecified atom stereocenters. The highest BCUT2D eigenvalue weighted by atomic mass is 32.2. The van der Waals surface area contributed by atoms with Crippen molar-refractivity contribution in [3.05, 3.63) is 35.7 Å². The van der Waals surface area contributed by atoms with E-state index in [1.165, 1.54) is 6.07 Å². The maximum absolute atomic E-state index is 11.5. The van der Waals surface area contributed by atoms with Crippen LogP contribution in [0.2, 0.25) is 0 Å². The van der Waals surface area contributed by atoms with Crippen LogP contribution < -0.4 is 15.4 Å². The normalized spacial score (nSPS) is 12.9. The number of benzene rings is 1. The molecular formula is C16H24N6O2S. The highest BCUT2D eigenvalue weighted by Crippen LogP contribution is 2.21. The van der Waals surface area contributed by atoms with Gasteiger partial charge >= 0.3 is 0 Å². The van der Waals surface area contributed by atoms with Crippen LogP contribution in [0, 0.1) is 0 Å². The number of nitrogens with zero attached hydrogens (tertiary/aromatic N) is 4. The van der Waals surface area contributed by atoms with Gasteiger partial charge in [0.15, 0.2) is 0 Å². The molecule has 0 spiro atoms. The summed E-state index contributed by atoms with van der Waals surface area (Å²) in [6, 6.07) is 6.29. The van der Waals surface area contributed by atoms with Crippen LogP contribution in [-0.4, -0.2) is 37.5 Å². The van der Waals surface area contributed by atoms with E-state index >= 15 is 0 Å².